The Labute approximate surface area is 154 Å². The Morgan fingerprint density at radius 1 is 1.27 bits per heavy atom. The zero-order chi connectivity index (χ0) is 18.7. The fourth-order valence-corrected chi connectivity index (χ4v) is 7.66. The van der Waals surface area contributed by atoms with E-state index in [4.69, 9.17) is 0 Å². The molecule has 4 rings (SSSR count). The van der Waals surface area contributed by atoms with Crippen LogP contribution in [0.3, 0.4) is 0 Å². The van der Waals surface area contributed by atoms with Crippen molar-refractivity contribution in [1.82, 2.24) is 0 Å². The minimum Gasteiger partial charge on any atom is -0.393 e. The van der Waals surface area contributed by atoms with Crippen LogP contribution in [0.5, 0.6) is 0 Å². The van der Waals surface area contributed by atoms with Gasteiger partial charge in [0.05, 0.1) is 6.10 Å². The molecule has 4 fully saturated rings. The van der Waals surface area contributed by atoms with E-state index < -0.39 is 24.0 Å². The van der Waals surface area contributed by atoms with Crippen LogP contribution in [-0.4, -0.2) is 40.8 Å². The summed E-state index contributed by atoms with van der Waals surface area (Å²) in [5.74, 6) is 0.416. The van der Waals surface area contributed by atoms with E-state index in [2.05, 4.69) is 6.92 Å². The molecule has 0 heterocycles. The molecule has 8 atom stereocenters. The van der Waals surface area contributed by atoms with Gasteiger partial charge < -0.3 is 15.0 Å². The number of aldehydes is 1. The first-order valence-electron chi connectivity index (χ1n) is 10.2. The molecule has 0 saturated heterocycles. The van der Waals surface area contributed by atoms with E-state index >= 15 is 0 Å². The summed E-state index contributed by atoms with van der Waals surface area (Å²) in [6.07, 6.45) is 6.05. The molecular formula is C21H30O5. The Kier molecular flexibility index (Phi) is 4.39. The van der Waals surface area contributed by atoms with Gasteiger partial charge >= 0.3 is 0 Å². The molecule has 4 aliphatic carbocycles. The van der Waals surface area contributed by atoms with Crippen LogP contribution in [0.4, 0.5) is 0 Å². The molecule has 2 unspecified atom stereocenters. The van der Waals surface area contributed by atoms with Gasteiger partial charge in [0.15, 0.2) is 5.78 Å². The normalized spacial score (nSPS) is 50.5. The second kappa shape index (κ2) is 6.23. The van der Waals surface area contributed by atoms with Crippen molar-refractivity contribution in [3.8, 4) is 0 Å². The van der Waals surface area contributed by atoms with Crippen molar-refractivity contribution < 1.29 is 24.6 Å². The average molecular weight is 362 g/mol. The topological polar surface area (TPSA) is 91.7 Å². The predicted molar refractivity (Wildman–Crippen MR) is 94.1 cm³/mol. The van der Waals surface area contributed by atoms with Gasteiger partial charge in [-0.1, -0.05) is 6.92 Å². The van der Waals surface area contributed by atoms with Crippen LogP contribution in [0.2, 0.25) is 0 Å². The maximum absolute atomic E-state index is 12.3. The van der Waals surface area contributed by atoms with Crippen molar-refractivity contribution in [3.63, 3.8) is 0 Å². The summed E-state index contributed by atoms with van der Waals surface area (Å²) in [5, 5.41) is 20.5. The highest BCUT2D eigenvalue weighted by molar-refractivity contribution is 5.87. The monoisotopic (exact) mass is 362 g/mol. The predicted octanol–water partition coefficient (Wildman–Crippen LogP) is 1.93. The Balaban J connectivity index is 1.70. The van der Waals surface area contributed by atoms with Crippen molar-refractivity contribution >= 4 is 17.9 Å². The van der Waals surface area contributed by atoms with Gasteiger partial charge in [-0.05, 0) is 67.6 Å². The second-order valence-electron chi connectivity index (χ2n) is 9.58. The van der Waals surface area contributed by atoms with E-state index in [1.54, 1.807) is 0 Å². The minimum absolute atomic E-state index is 0.0512. The molecule has 0 radical (unpaired) electrons. The third kappa shape index (κ3) is 2.32. The second-order valence-corrected chi connectivity index (χ2v) is 9.58. The molecule has 0 aromatic carbocycles. The van der Waals surface area contributed by atoms with Gasteiger partial charge in [-0.2, -0.15) is 0 Å². The van der Waals surface area contributed by atoms with Crippen molar-refractivity contribution in [3.05, 3.63) is 0 Å². The van der Waals surface area contributed by atoms with Crippen LogP contribution in [0.1, 0.15) is 58.3 Å². The minimum atomic E-state index is -0.811. The first-order chi connectivity index (χ1) is 12.4. The maximum Gasteiger partial charge on any atom is 0.162 e. The Hall–Kier alpha value is -1.07. The third-order valence-corrected chi connectivity index (χ3v) is 8.78. The molecule has 5 heteroatoms. The SMILES string of the molecule is C[C@]12CCC(=O)C[C@H]1CC[C@@H]1[C@@H]2[C@@H](O)CC2(C=O)C(C(=O)CO)CC[C@@H]12. The van der Waals surface area contributed by atoms with Gasteiger partial charge in [0.1, 0.15) is 18.7 Å². The molecule has 4 saturated carbocycles. The summed E-state index contributed by atoms with van der Waals surface area (Å²) < 4.78 is 0. The van der Waals surface area contributed by atoms with Crippen LogP contribution >= 0.6 is 0 Å². The van der Waals surface area contributed by atoms with Crippen LogP contribution in [0.25, 0.3) is 0 Å². The quantitative estimate of drug-likeness (QED) is 0.749. The number of rotatable bonds is 3. The molecule has 0 aromatic rings. The van der Waals surface area contributed by atoms with E-state index in [1.807, 2.05) is 0 Å². The molecular weight excluding hydrogens is 332 g/mol. The van der Waals surface area contributed by atoms with Gasteiger partial charge in [0, 0.05) is 24.2 Å². The van der Waals surface area contributed by atoms with Crippen molar-refractivity contribution in [2.45, 2.75) is 64.4 Å². The van der Waals surface area contributed by atoms with E-state index in [0.717, 1.165) is 32.0 Å². The highest BCUT2D eigenvalue weighted by atomic mass is 16.3. The Morgan fingerprint density at radius 3 is 2.73 bits per heavy atom. The highest BCUT2D eigenvalue weighted by Gasteiger charge is 2.65. The lowest BCUT2D eigenvalue weighted by Crippen LogP contribution is -2.60. The first kappa shape index (κ1) is 18.3. The fourth-order valence-electron chi connectivity index (χ4n) is 7.66. The molecule has 0 aromatic heterocycles. The number of carbonyl (C=O) groups is 3. The number of aliphatic hydroxyl groups excluding tert-OH is 2. The van der Waals surface area contributed by atoms with Gasteiger partial charge in [0.2, 0.25) is 0 Å². The number of carbonyl (C=O) groups excluding carboxylic acids is 3. The largest absolute Gasteiger partial charge is 0.393 e. The molecule has 144 valence electrons. The van der Waals surface area contributed by atoms with Gasteiger partial charge in [-0.3, -0.25) is 9.59 Å². The summed E-state index contributed by atoms with van der Waals surface area (Å²) in [4.78, 5) is 36.5. The van der Waals surface area contributed by atoms with Crippen LogP contribution in [0, 0.1) is 40.4 Å². The zero-order valence-electron chi connectivity index (χ0n) is 15.5. The van der Waals surface area contributed by atoms with Gasteiger partial charge in [-0.15, -0.1) is 0 Å². The van der Waals surface area contributed by atoms with Crippen LogP contribution in [-0.2, 0) is 14.4 Å². The number of fused-ring (bicyclic) bond motifs is 5. The molecule has 0 amide bonds. The molecule has 0 bridgehead atoms. The lowest BCUT2D eigenvalue weighted by molar-refractivity contribution is -0.178. The molecule has 0 aliphatic heterocycles. The van der Waals surface area contributed by atoms with Crippen molar-refractivity contribution in [1.29, 1.82) is 0 Å². The Morgan fingerprint density at radius 2 is 2.04 bits per heavy atom. The standard InChI is InChI=1S/C21H30O5/c1-20-7-6-13(24)8-12(20)2-3-14-15-4-5-16(18(26)10-22)21(15,11-23)9-17(25)19(14)20/h11-12,14-17,19,22,25H,2-10H2,1H3/t12-,14+,15+,16?,17+,19-,20+,21?/m1/s1. The lowest BCUT2D eigenvalue weighted by Gasteiger charge is -2.61. The molecule has 5 nitrogen and oxygen atoms in total. The number of Topliss-reactive ketones (excluding diaryl/α,β-unsaturated/α-hetero) is 2. The number of hydrogen-bond acceptors (Lipinski definition) is 5. The average Bonchev–Trinajstić information content (AvgIpc) is 3.00. The van der Waals surface area contributed by atoms with Gasteiger partial charge in [-0.25, -0.2) is 0 Å². The summed E-state index contributed by atoms with van der Waals surface area (Å²) in [6, 6.07) is 0. The smallest absolute Gasteiger partial charge is 0.162 e. The first-order valence-corrected chi connectivity index (χ1v) is 10.2. The third-order valence-electron chi connectivity index (χ3n) is 8.78. The molecule has 2 N–H and O–H groups in total. The highest BCUT2D eigenvalue weighted by Crippen LogP contribution is 2.66. The summed E-state index contributed by atoms with van der Waals surface area (Å²) in [5.41, 5.74) is -0.863. The van der Waals surface area contributed by atoms with E-state index in [1.165, 1.54) is 0 Å². The van der Waals surface area contributed by atoms with Gasteiger partial charge in [0.25, 0.3) is 0 Å². The number of hydrogen-bond donors (Lipinski definition) is 2. The van der Waals surface area contributed by atoms with E-state index in [9.17, 15) is 24.6 Å². The van der Waals surface area contributed by atoms with Crippen molar-refractivity contribution in [2.24, 2.45) is 40.4 Å². The number of aliphatic hydroxyl groups is 2. The summed E-state index contributed by atoms with van der Waals surface area (Å²) in [6.45, 7) is 1.71. The molecule has 26 heavy (non-hydrogen) atoms. The molecule has 0 spiro atoms. The fraction of sp³-hybridized carbons (Fsp3) is 0.857. The maximum atomic E-state index is 12.3. The van der Waals surface area contributed by atoms with Crippen LogP contribution < -0.4 is 0 Å². The Bertz CT molecular complexity index is 630. The number of ketones is 2. The zero-order valence-corrected chi connectivity index (χ0v) is 15.5. The van der Waals surface area contributed by atoms with E-state index in [0.29, 0.717) is 37.4 Å². The van der Waals surface area contributed by atoms with Crippen molar-refractivity contribution in [2.75, 3.05) is 6.61 Å². The molecule has 4 aliphatic rings. The summed E-state index contributed by atoms with van der Waals surface area (Å²) in [7, 11) is 0. The van der Waals surface area contributed by atoms with E-state index in [-0.39, 0.29) is 29.0 Å². The summed E-state index contributed by atoms with van der Waals surface area (Å²) >= 11 is 0. The van der Waals surface area contributed by atoms with Crippen LogP contribution in [0.15, 0.2) is 0 Å². The lowest BCUT2D eigenvalue weighted by atomic mass is 9.44.